The molecule has 20 heavy (non-hydrogen) atoms. The number of aliphatic carboxylic acids is 1. The maximum atomic E-state index is 12.4. The van der Waals surface area contributed by atoms with Crippen molar-refractivity contribution >= 4 is 11.9 Å². The van der Waals surface area contributed by atoms with Gasteiger partial charge in [-0.3, -0.25) is 9.59 Å². The van der Waals surface area contributed by atoms with Crippen molar-refractivity contribution in [2.45, 2.75) is 78.6 Å². The smallest absolute Gasteiger partial charge is 0.303 e. The number of hydrogen-bond donors (Lipinski definition) is 2. The highest BCUT2D eigenvalue weighted by Crippen LogP contribution is 2.32. The summed E-state index contributed by atoms with van der Waals surface area (Å²) in [6.45, 7) is 6.99. The highest BCUT2D eigenvalue weighted by atomic mass is 16.4. The molecule has 2 N–H and O–H groups in total. The van der Waals surface area contributed by atoms with Gasteiger partial charge in [0.15, 0.2) is 0 Å². The van der Waals surface area contributed by atoms with E-state index in [0.29, 0.717) is 13.0 Å². The summed E-state index contributed by atoms with van der Waals surface area (Å²) in [7, 11) is 0. The number of carboxylic acids is 1. The Balaban J connectivity index is 4.04. The van der Waals surface area contributed by atoms with Crippen molar-refractivity contribution in [1.82, 2.24) is 5.32 Å². The van der Waals surface area contributed by atoms with Crippen LogP contribution < -0.4 is 5.32 Å². The third-order valence-electron chi connectivity index (χ3n) is 4.20. The molecule has 0 saturated carbocycles. The predicted octanol–water partition coefficient (Wildman–Crippen LogP) is 3.74. The maximum absolute atomic E-state index is 12.4. The minimum Gasteiger partial charge on any atom is -0.481 e. The van der Waals surface area contributed by atoms with Crippen molar-refractivity contribution in [3.05, 3.63) is 0 Å². The van der Waals surface area contributed by atoms with Gasteiger partial charge in [0.05, 0.1) is 0 Å². The Morgan fingerprint density at radius 1 is 1.00 bits per heavy atom. The van der Waals surface area contributed by atoms with Gasteiger partial charge in [-0.05, 0) is 32.1 Å². The maximum Gasteiger partial charge on any atom is 0.303 e. The van der Waals surface area contributed by atoms with Crippen LogP contribution >= 0.6 is 0 Å². The Kier molecular flexibility index (Phi) is 10.1. The third-order valence-corrected chi connectivity index (χ3v) is 4.20. The van der Waals surface area contributed by atoms with E-state index in [9.17, 15) is 9.59 Å². The zero-order chi connectivity index (χ0) is 15.4. The lowest BCUT2D eigenvalue weighted by atomic mass is 9.77. The third kappa shape index (κ3) is 6.92. The number of rotatable bonds is 12. The van der Waals surface area contributed by atoms with Crippen LogP contribution in [0.15, 0.2) is 0 Å². The number of nitrogens with one attached hydrogen (secondary N) is 1. The molecule has 4 nitrogen and oxygen atoms in total. The van der Waals surface area contributed by atoms with E-state index in [0.717, 1.165) is 44.9 Å². The molecule has 0 aromatic heterocycles. The van der Waals surface area contributed by atoms with Gasteiger partial charge in [-0.1, -0.05) is 40.0 Å². The summed E-state index contributed by atoms with van der Waals surface area (Å²) in [5.41, 5.74) is -0.211. The predicted molar refractivity (Wildman–Crippen MR) is 81.7 cm³/mol. The Hall–Kier alpha value is -1.06. The molecule has 0 spiro atoms. The summed E-state index contributed by atoms with van der Waals surface area (Å²) in [5.74, 6) is -0.571. The number of carbonyl (C=O) groups is 2. The molecule has 4 heteroatoms. The summed E-state index contributed by atoms with van der Waals surface area (Å²) < 4.78 is 0. The first-order valence-electron chi connectivity index (χ1n) is 8.02. The second kappa shape index (κ2) is 10.7. The summed E-state index contributed by atoms with van der Waals surface area (Å²) >= 11 is 0. The quantitative estimate of drug-likeness (QED) is 0.537. The first-order chi connectivity index (χ1) is 9.52. The van der Waals surface area contributed by atoms with Crippen LogP contribution in [-0.2, 0) is 9.59 Å². The molecule has 0 atom stereocenters. The number of amides is 1. The normalized spacial score (nSPS) is 11.3. The highest BCUT2D eigenvalue weighted by molar-refractivity contribution is 5.82. The molecule has 0 aliphatic rings. The second-order valence-corrected chi connectivity index (χ2v) is 5.55. The molecule has 0 unspecified atom stereocenters. The summed E-state index contributed by atoms with van der Waals surface area (Å²) in [4.78, 5) is 22.7. The van der Waals surface area contributed by atoms with Crippen LogP contribution in [0.4, 0.5) is 0 Å². The van der Waals surface area contributed by atoms with Crippen LogP contribution in [-0.4, -0.2) is 23.5 Å². The minimum atomic E-state index is -0.746. The number of unbranched alkanes of at least 4 members (excludes halogenated alkanes) is 3. The average molecular weight is 285 g/mol. The number of carboxylic acid groups (broad SMARTS) is 1. The molecule has 0 fully saturated rings. The van der Waals surface area contributed by atoms with Gasteiger partial charge >= 0.3 is 5.97 Å². The summed E-state index contributed by atoms with van der Waals surface area (Å²) in [6, 6.07) is 0. The van der Waals surface area contributed by atoms with E-state index < -0.39 is 5.97 Å². The van der Waals surface area contributed by atoms with Crippen LogP contribution in [0.5, 0.6) is 0 Å². The number of carbonyl (C=O) groups excluding carboxylic acids is 1. The highest BCUT2D eigenvalue weighted by Gasteiger charge is 2.33. The lowest BCUT2D eigenvalue weighted by Gasteiger charge is -2.30. The van der Waals surface area contributed by atoms with E-state index >= 15 is 0 Å². The zero-order valence-electron chi connectivity index (χ0n) is 13.3. The SMILES string of the molecule is CCCCC(CC)(CC)C(=O)NCCCCCC(=O)O. The van der Waals surface area contributed by atoms with E-state index in [1.807, 2.05) is 0 Å². The van der Waals surface area contributed by atoms with Crippen LogP contribution in [0.3, 0.4) is 0 Å². The van der Waals surface area contributed by atoms with Crippen LogP contribution in [0.1, 0.15) is 78.6 Å². The van der Waals surface area contributed by atoms with E-state index in [2.05, 4.69) is 26.1 Å². The molecule has 0 aromatic rings. The molecule has 0 heterocycles. The van der Waals surface area contributed by atoms with Crippen molar-refractivity contribution in [3.8, 4) is 0 Å². The van der Waals surface area contributed by atoms with Crippen LogP contribution in [0, 0.1) is 5.41 Å². The van der Waals surface area contributed by atoms with Gasteiger partial charge in [-0.25, -0.2) is 0 Å². The monoisotopic (exact) mass is 285 g/mol. The Morgan fingerprint density at radius 3 is 2.15 bits per heavy atom. The summed E-state index contributed by atoms with van der Waals surface area (Å²) in [6.07, 6.45) is 7.55. The first-order valence-corrected chi connectivity index (χ1v) is 8.02. The fourth-order valence-electron chi connectivity index (χ4n) is 2.52. The molecule has 1 amide bonds. The van der Waals surface area contributed by atoms with Gasteiger partial charge < -0.3 is 10.4 Å². The molecule has 0 saturated heterocycles. The Morgan fingerprint density at radius 2 is 1.65 bits per heavy atom. The fourth-order valence-corrected chi connectivity index (χ4v) is 2.52. The second-order valence-electron chi connectivity index (χ2n) is 5.55. The Labute approximate surface area is 123 Å². The van der Waals surface area contributed by atoms with Gasteiger partial charge in [0.25, 0.3) is 0 Å². The lowest BCUT2D eigenvalue weighted by molar-refractivity contribution is -0.137. The van der Waals surface area contributed by atoms with Gasteiger partial charge in [0.1, 0.15) is 0 Å². The van der Waals surface area contributed by atoms with E-state index in [-0.39, 0.29) is 17.7 Å². The molecule has 0 bridgehead atoms. The largest absolute Gasteiger partial charge is 0.481 e. The van der Waals surface area contributed by atoms with E-state index in [1.165, 1.54) is 0 Å². The fraction of sp³-hybridized carbons (Fsp3) is 0.875. The topological polar surface area (TPSA) is 66.4 Å². The molecular weight excluding hydrogens is 254 g/mol. The van der Waals surface area contributed by atoms with Crippen molar-refractivity contribution in [3.63, 3.8) is 0 Å². The minimum absolute atomic E-state index is 0.175. The standard InChI is InChI=1S/C16H31NO3/c1-4-7-12-16(5-2,6-3)15(20)17-13-10-8-9-11-14(18)19/h4-13H2,1-3H3,(H,17,20)(H,18,19). The van der Waals surface area contributed by atoms with E-state index in [4.69, 9.17) is 5.11 Å². The van der Waals surface area contributed by atoms with Gasteiger partial charge in [0.2, 0.25) is 5.91 Å². The molecule has 0 aliphatic heterocycles. The van der Waals surface area contributed by atoms with Crippen molar-refractivity contribution in [2.24, 2.45) is 5.41 Å². The molecule has 0 aliphatic carbocycles. The van der Waals surface area contributed by atoms with E-state index in [1.54, 1.807) is 0 Å². The number of hydrogen-bond acceptors (Lipinski definition) is 2. The van der Waals surface area contributed by atoms with Crippen molar-refractivity contribution < 1.29 is 14.7 Å². The van der Waals surface area contributed by atoms with Gasteiger partial charge in [0, 0.05) is 18.4 Å². The van der Waals surface area contributed by atoms with Crippen LogP contribution in [0.25, 0.3) is 0 Å². The Bertz CT molecular complexity index is 285. The van der Waals surface area contributed by atoms with Crippen LogP contribution in [0.2, 0.25) is 0 Å². The van der Waals surface area contributed by atoms with Crippen molar-refractivity contribution in [1.29, 1.82) is 0 Å². The average Bonchev–Trinajstić information content (AvgIpc) is 2.44. The molecule has 0 aromatic carbocycles. The molecule has 0 rings (SSSR count). The lowest BCUT2D eigenvalue weighted by Crippen LogP contribution is -2.40. The van der Waals surface area contributed by atoms with Crippen molar-refractivity contribution in [2.75, 3.05) is 6.54 Å². The molecule has 118 valence electrons. The van der Waals surface area contributed by atoms with Gasteiger partial charge in [-0.2, -0.15) is 0 Å². The molecule has 0 radical (unpaired) electrons. The molecular formula is C16H31NO3. The zero-order valence-corrected chi connectivity index (χ0v) is 13.3. The first kappa shape index (κ1) is 18.9. The van der Waals surface area contributed by atoms with Gasteiger partial charge in [-0.15, -0.1) is 0 Å². The summed E-state index contributed by atoms with van der Waals surface area (Å²) in [5, 5.41) is 11.6.